The number of halogens is 3. The third kappa shape index (κ3) is 2.41. The van der Waals surface area contributed by atoms with Gasteiger partial charge in [0.05, 0.1) is 17.5 Å². The quantitative estimate of drug-likeness (QED) is 0.807. The van der Waals surface area contributed by atoms with Crippen molar-refractivity contribution in [2.45, 2.75) is 12.7 Å². The molecule has 2 rings (SSSR count). The van der Waals surface area contributed by atoms with Gasteiger partial charge in [-0.15, -0.1) is 0 Å². The van der Waals surface area contributed by atoms with E-state index in [4.69, 9.17) is 0 Å². The molecule has 92 valence electrons. The molecule has 3 nitrogen and oxygen atoms in total. The summed E-state index contributed by atoms with van der Waals surface area (Å²) in [5, 5.41) is 0. The fourth-order valence-electron chi connectivity index (χ4n) is 1.64. The van der Waals surface area contributed by atoms with Crippen LogP contribution in [0.25, 0.3) is 5.65 Å². The Hall–Kier alpha value is -1.56. The van der Waals surface area contributed by atoms with Gasteiger partial charge >= 0.3 is 6.18 Å². The highest BCUT2D eigenvalue weighted by atomic mass is 19.4. The summed E-state index contributed by atoms with van der Waals surface area (Å²) < 4.78 is 39.2. The lowest BCUT2D eigenvalue weighted by molar-refractivity contribution is -0.137. The van der Waals surface area contributed by atoms with Gasteiger partial charge in [0, 0.05) is 12.7 Å². The van der Waals surface area contributed by atoms with Crippen LogP contribution in [0.2, 0.25) is 0 Å². The molecule has 0 spiro atoms. The predicted octanol–water partition coefficient (Wildman–Crippen LogP) is 2.41. The highest BCUT2D eigenvalue weighted by Gasteiger charge is 2.31. The Labute approximate surface area is 96.5 Å². The Bertz CT molecular complexity index is 528. The zero-order valence-electron chi connectivity index (χ0n) is 9.49. The van der Waals surface area contributed by atoms with Crippen molar-refractivity contribution < 1.29 is 13.2 Å². The van der Waals surface area contributed by atoms with Gasteiger partial charge in [0.2, 0.25) is 0 Å². The molecular weight excluding hydrogens is 231 g/mol. The maximum atomic E-state index is 12.6. The number of pyridine rings is 1. The van der Waals surface area contributed by atoms with Gasteiger partial charge in [-0.2, -0.15) is 13.2 Å². The van der Waals surface area contributed by atoms with E-state index >= 15 is 0 Å². The summed E-state index contributed by atoms with van der Waals surface area (Å²) in [4.78, 5) is 5.94. The smallest absolute Gasteiger partial charge is 0.304 e. The second-order valence-corrected chi connectivity index (χ2v) is 4.13. The van der Waals surface area contributed by atoms with Gasteiger partial charge in [-0.1, -0.05) is 0 Å². The fourth-order valence-corrected chi connectivity index (χ4v) is 1.64. The van der Waals surface area contributed by atoms with Crippen LogP contribution in [0.4, 0.5) is 13.2 Å². The number of nitrogens with zero attached hydrogens (tertiary/aromatic N) is 3. The van der Waals surface area contributed by atoms with Gasteiger partial charge in [0.1, 0.15) is 5.65 Å². The zero-order chi connectivity index (χ0) is 12.6. The summed E-state index contributed by atoms with van der Waals surface area (Å²) in [6, 6.07) is 2.42. The molecule has 0 amide bonds. The number of rotatable bonds is 2. The molecule has 6 heteroatoms. The normalized spacial score (nSPS) is 12.6. The van der Waals surface area contributed by atoms with Gasteiger partial charge < -0.3 is 9.30 Å². The van der Waals surface area contributed by atoms with Crippen molar-refractivity contribution in [3.8, 4) is 0 Å². The van der Waals surface area contributed by atoms with Gasteiger partial charge in [0.15, 0.2) is 0 Å². The summed E-state index contributed by atoms with van der Waals surface area (Å²) in [7, 11) is 3.71. The van der Waals surface area contributed by atoms with Crippen LogP contribution in [0, 0.1) is 0 Å². The molecule has 0 aliphatic carbocycles. The maximum absolute atomic E-state index is 12.6. The van der Waals surface area contributed by atoms with Crippen LogP contribution in [0.15, 0.2) is 24.5 Å². The lowest BCUT2D eigenvalue weighted by Crippen LogP contribution is -2.13. The molecule has 2 aromatic rings. The molecule has 0 saturated heterocycles. The highest BCUT2D eigenvalue weighted by molar-refractivity contribution is 5.42. The average Bonchev–Trinajstić information content (AvgIpc) is 2.59. The third-order valence-corrected chi connectivity index (χ3v) is 2.39. The summed E-state index contributed by atoms with van der Waals surface area (Å²) in [6.07, 6.45) is -1.65. The van der Waals surface area contributed by atoms with Crippen molar-refractivity contribution in [2.24, 2.45) is 0 Å². The molecular formula is C11H12F3N3. The van der Waals surface area contributed by atoms with Crippen LogP contribution in [-0.2, 0) is 12.7 Å². The summed E-state index contributed by atoms with van der Waals surface area (Å²) in [5.41, 5.74) is 0.592. The highest BCUT2D eigenvalue weighted by Crippen LogP contribution is 2.29. The number of hydrogen-bond acceptors (Lipinski definition) is 2. The monoisotopic (exact) mass is 243 g/mol. The molecule has 0 atom stereocenters. The molecule has 0 aromatic carbocycles. The van der Waals surface area contributed by atoms with Crippen molar-refractivity contribution in [3.05, 3.63) is 35.8 Å². The van der Waals surface area contributed by atoms with Crippen LogP contribution in [0.1, 0.15) is 11.3 Å². The van der Waals surface area contributed by atoms with Crippen LogP contribution < -0.4 is 0 Å². The Balaban J connectivity index is 2.50. The number of alkyl halides is 3. The Morgan fingerprint density at radius 3 is 2.59 bits per heavy atom. The van der Waals surface area contributed by atoms with Crippen LogP contribution >= 0.6 is 0 Å². The van der Waals surface area contributed by atoms with E-state index in [0.717, 1.165) is 18.0 Å². The van der Waals surface area contributed by atoms with E-state index in [2.05, 4.69) is 4.98 Å². The molecule has 0 N–H and O–H groups in total. The molecule has 17 heavy (non-hydrogen) atoms. The van der Waals surface area contributed by atoms with Crippen LogP contribution in [-0.4, -0.2) is 28.4 Å². The predicted molar refractivity (Wildman–Crippen MR) is 57.6 cm³/mol. The minimum atomic E-state index is -4.33. The van der Waals surface area contributed by atoms with Gasteiger partial charge in [-0.25, -0.2) is 4.98 Å². The molecule has 0 saturated carbocycles. The van der Waals surface area contributed by atoms with Crippen molar-refractivity contribution in [1.82, 2.24) is 14.3 Å². The van der Waals surface area contributed by atoms with Gasteiger partial charge in [-0.05, 0) is 26.2 Å². The van der Waals surface area contributed by atoms with E-state index in [1.165, 1.54) is 10.5 Å². The molecule has 0 fully saturated rings. The summed E-state index contributed by atoms with van der Waals surface area (Å²) >= 11 is 0. The average molecular weight is 243 g/mol. The topological polar surface area (TPSA) is 20.5 Å². The number of imidazole rings is 1. The SMILES string of the molecule is CN(C)Cc1cnc2ccc(C(F)(F)F)cn12. The lowest BCUT2D eigenvalue weighted by atomic mass is 10.3. The second-order valence-electron chi connectivity index (χ2n) is 4.13. The van der Waals surface area contributed by atoms with Gasteiger partial charge in [0.25, 0.3) is 0 Å². The molecule has 0 radical (unpaired) electrons. The van der Waals surface area contributed by atoms with Crippen LogP contribution in [0.5, 0.6) is 0 Å². The first-order valence-corrected chi connectivity index (χ1v) is 5.06. The maximum Gasteiger partial charge on any atom is 0.417 e. The van der Waals surface area contributed by atoms with E-state index in [1.807, 2.05) is 19.0 Å². The summed E-state index contributed by atoms with van der Waals surface area (Å²) in [6.45, 7) is 0.544. The van der Waals surface area contributed by atoms with Crippen molar-refractivity contribution in [2.75, 3.05) is 14.1 Å². The van der Waals surface area contributed by atoms with Crippen LogP contribution in [0.3, 0.4) is 0 Å². The standard InChI is InChI=1S/C11H12F3N3/c1-16(2)7-9-5-15-10-4-3-8(6-17(9)10)11(12,13)14/h3-6H,7H2,1-2H3. The Kier molecular flexibility index (Phi) is 2.82. The number of hydrogen-bond donors (Lipinski definition) is 0. The molecule has 0 aliphatic rings. The first kappa shape index (κ1) is 11.9. The number of fused-ring (bicyclic) bond motifs is 1. The number of aromatic nitrogens is 2. The first-order valence-electron chi connectivity index (χ1n) is 5.06. The zero-order valence-corrected chi connectivity index (χ0v) is 9.49. The van der Waals surface area contributed by atoms with E-state index in [1.54, 1.807) is 6.20 Å². The van der Waals surface area contributed by atoms with Crippen molar-refractivity contribution in [3.63, 3.8) is 0 Å². The third-order valence-electron chi connectivity index (χ3n) is 2.39. The second kappa shape index (κ2) is 4.03. The molecule has 0 bridgehead atoms. The Morgan fingerprint density at radius 2 is 2.00 bits per heavy atom. The fraction of sp³-hybridized carbons (Fsp3) is 0.364. The van der Waals surface area contributed by atoms with E-state index in [0.29, 0.717) is 12.2 Å². The minimum absolute atomic E-state index is 0.523. The molecule has 0 aliphatic heterocycles. The molecule has 2 heterocycles. The molecule has 2 aromatic heterocycles. The lowest BCUT2D eigenvalue weighted by Gasteiger charge is -2.11. The van der Waals surface area contributed by atoms with E-state index in [9.17, 15) is 13.2 Å². The summed E-state index contributed by atoms with van der Waals surface area (Å²) in [5.74, 6) is 0. The van der Waals surface area contributed by atoms with E-state index in [-0.39, 0.29) is 0 Å². The van der Waals surface area contributed by atoms with Gasteiger partial charge in [-0.3, -0.25) is 0 Å². The van der Waals surface area contributed by atoms with E-state index < -0.39 is 11.7 Å². The molecule has 0 unspecified atom stereocenters. The van der Waals surface area contributed by atoms with Crippen molar-refractivity contribution >= 4 is 5.65 Å². The first-order chi connectivity index (χ1) is 7.88. The Morgan fingerprint density at radius 1 is 1.29 bits per heavy atom. The van der Waals surface area contributed by atoms with Crippen molar-refractivity contribution in [1.29, 1.82) is 0 Å². The largest absolute Gasteiger partial charge is 0.417 e. The minimum Gasteiger partial charge on any atom is -0.304 e.